The van der Waals surface area contributed by atoms with Gasteiger partial charge in [0.15, 0.2) is 0 Å². The summed E-state index contributed by atoms with van der Waals surface area (Å²) in [7, 11) is -7.62. The van der Waals surface area contributed by atoms with E-state index < -0.39 is 26.0 Å². The first kappa shape index (κ1) is 25.9. The number of carbonyl (C=O) groups excluding carboxylic acids is 1. The Kier molecular flexibility index (Phi) is 7.33. The lowest BCUT2D eigenvalue weighted by molar-refractivity contribution is 0.102. The van der Waals surface area contributed by atoms with E-state index in [2.05, 4.69) is 14.8 Å². The quantitative estimate of drug-likeness (QED) is 0.288. The van der Waals surface area contributed by atoms with Gasteiger partial charge in [0.2, 0.25) is 0 Å². The molecule has 0 heterocycles. The van der Waals surface area contributed by atoms with Gasteiger partial charge in [0.25, 0.3) is 26.0 Å². The van der Waals surface area contributed by atoms with E-state index in [9.17, 15) is 21.6 Å². The van der Waals surface area contributed by atoms with Crippen LogP contribution in [-0.2, 0) is 20.0 Å². The summed E-state index contributed by atoms with van der Waals surface area (Å²) in [5.74, 6) is -0.482. The fourth-order valence-corrected chi connectivity index (χ4v) is 5.60. The lowest BCUT2D eigenvalue weighted by Gasteiger charge is -2.11. The Bertz CT molecular complexity index is 1650. The number of anilines is 3. The lowest BCUT2D eigenvalue weighted by Crippen LogP contribution is -2.15. The van der Waals surface area contributed by atoms with E-state index in [1.807, 2.05) is 19.9 Å². The molecular weight excluding hydrogens is 510 g/mol. The van der Waals surface area contributed by atoms with Crippen LogP contribution >= 0.6 is 0 Å². The largest absolute Gasteiger partial charge is 0.322 e. The summed E-state index contributed by atoms with van der Waals surface area (Å²) in [5.41, 5.74) is 3.32. The van der Waals surface area contributed by atoms with Gasteiger partial charge < -0.3 is 5.32 Å². The van der Waals surface area contributed by atoms with Crippen LogP contribution in [0.2, 0.25) is 0 Å². The van der Waals surface area contributed by atoms with Crippen LogP contribution in [0.4, 0.5) is 17.1 Å². The molecule has 0 atom stereocenters. The van der Waals surface area contributed by atoms with Gasteiger partial charge in [-0.15, -0.1) is 0 Å². The Morgan fingerprint density at radius 3 is 1.76 bits per heavy atom. The molecule has 8 nitrogen and oxygen atoms in total. The molecule has 0 saturated heterocycles. The van der Waals surface area contributed by atoms with Gasteiger partial charge in [0, 0.05) is 22.6 Å². The summed E-state index contributed by atoms with van der Waals surface area (Å²) in [4.78, 5) is 12.9. The van der Waals surface area contributed by atoms with Crippen molar-refractivity contribution in [3.8, 4) is 0 Å². The molecule has 1 amide bonds. The zero-order chi connectivity index (χ0) is 26.6. The van der Waals surface area contributed by atoms with Crippen LogP contribution in [0.1, 0.15) is 21.5 Å². The SMILES string of the molecule is Cc1ccc(NS(=O)(=O)c2ccc(NC(=O)c3cccc(NS(=O)(=O)c4ccccc4)c3)cc2)cc1C. The van der Waals surface area contributed by atoms with Crippen LogP contribution in [0.25, 0.3) is 0 Å². The van der Waals surface area contributed by atoms with Crippen molar-refractivity contribution in [1.29, 1.82) is 0 Å². The number of hydrogen-bond acceptors (Lipinski definition) is 5. The second-order valence-electron chi connectivity index (χ2n) is 8.38. The summed E-state index contributed by atoms with van der Waals surface area (Å²) < 4.78 is 55.7. The summed E-state index contributed by atoms with van der Waals surface area (Å²) in [6.45, 7) is 3.85. The van der Waals surface area contributed by atoms with Gasteiger partial charge in [-0.1, -0.05) is 30.3 Å². The van der Waals surface area contributed by atoms with E-state index in [1.54, 1.807) is 48.5 Å². The molecule has 0 spiro atoms. The number of hydrogen-bond donors (Lipinski definition) is 3. The van der Waals surface area contributed by atoms with Gasteiger partial charge in [-0.05, 0) is 91.7 Å². The first-order valence-electron chi connectivity index (χ1n) is 11.2. The first-order chi connectivity index (χ1) is 17.5. The fourth-order valence-electron chi connectivity index (χ4n) is 3.48. The Morgan fingerprint density at radius 1 is 0.568 bits per heavy atom. The van der Waals surface area contributed by atoms with Gasteiger partial charge in [-0.2, -0.15) is 0 Å². The molecule has 0 saturated carbocycles. The molecule has 0 aliphatic heterocycles. The molecule has 4 rings (SSSR count). The summed E-state index contributed by atoms with van der Waals surface area (Å²) >= 11 is 0. The number of aryl methyl sites for hydroxylation is 2. The third-order valence-corrected chi connectivity index (χ3v) is 8.41. The van der Waals surface area contributed by atoms with Crippen LogP contribution in [-0.4, -0.2) is 22.7 Å². The summed E-state index contributed by atoms with van der Waals surface area (Å²) in [5, 5.41) is 2.69. The fraction of sp³-hybridized carbons (Fsp3) is 0.0741. The molecule has 0 fully saturated rings. The third kappa shape index (κ3) is 6.35. The number of sulfonamides is 2. The minimum Gasteiger partial charge on any atom is -0.322 e. The van der Waals surface area contributed by atoms with Crippen molar-refractivity contribution in [3.63, 3.8) is 0 Å². The second kappa shape index (κ2) is 10.5. The van der Waals surface area contributed by atoms with Gasteiger partial charge in [0.1, 0.15) is 0 Å². The Hall–Kier alpha value is -4.15. The monoisotopic (exact) mass is 535 g/mol. The van der Waals surface area contributed by atoms with Crippen LogP contribution in [0.15, 0.2) is 107 Å². The van der Waals surface area contributed by atoms with Crippen molar-refractivity contribution in [2.24, 2.45) is 0 Å². The van der Waals surface area contributed by atoms with Crippen LogP contribution in [0.3, 0.4) is 0 Å². The molecule has 0 aromatic heterocycles. The molecule has 0 bridgehead atoms. The minimum atomic E-state index is -3.81. The summed E-state index contributed by atoms with van der Waals surface area (Å²) in [6.07, 6.45) is 0. The third-order valence-electron chi connectivity index (χ3n) is 5.61. The Labute approximate surface area is 216 Å². The summed E-state index contributed by atoms with van der Waals surface area (Å²) in [6, 6.07) is 25.0. The van der Waals surface area contributed by atoms with Crippen LogP contribution in [0.5, 0.6) is 0 Å². The molecule has 4 aromatic rings. The average molecular weight is 536 g/mol. The zero-order valence-electron chi connectivity index (χ0n) is 20.1. The molecule has 4 aromatic carbocycles. The first-order valence-corrected chi connectivity index (χ1v) is 14.2. The van der Waals surface area contributed by atoms with Crippen molar-refractivity contribution in [3.05, 3.63) is 114 Å². The maximum Gasteiger partial charge on any atom is 0.261 e. The molecule has 0 aliphatic carbocycles. The molecule has 0 unspecified atom stereocenters. The number of amides is 1. The van der Waals surface area contributed by atoms with E-state index >= 15 is 0 Å². The second-order valence-corrected chi connectivity index (χ2v) is 11.7. The van der Waals surface area contributed by atoms with Gasteiger partial charge in [0.05, 0.1) is 9.79 Å². The molecular formula is C27H25N3O5S2. The van der Waals surface area contributed by atoms with Crippen molar-refractivity contribution in [1.82, 2.24) is 0 Å². The van der Waals surface area contributed by atoms with Crippen LogP contribution in [0, 0.1) is 13.8 Å². The maximum absolute atomic E-state index is 12.8. The predicted octanol–water partition coefficient (Wildman–Crippen LogP) is 5.16. The number of nitrogens with one attached hydrogen (secondary N) is 3. The number of benzene rings is 4. The van der Waals surface area contributed by atoms with E-state index in [-0.39, 0.29) is 21.0 Å². The van der Waals surface area contributed by atoms with Crippen molar-refractivity contribution < 1.29 is 21.6 Å². The van der Waals surface area contributed by atoms with E-state index in [0.29, 0.717) is 11.4 Å². The highest BCUT2D eigenvalue weighted by molar-refractivity contribution is 7.93. The van der Waals surface area contributed by atoms with Gasteiger partial charge >= 0.3 is 0 Å². The van der Waals surface area contributed by atoms with E-state index in [4.69, 9.17) is 0 Å². The van der Waals surface area contributed by atoms with E-state index in [1.165, 1.54) is 42.5 Å². The Morgan fingerprint density at radius 2 is 1.14 bits per heavy atom. The van der Waals surface area contributed by atoms with Crippen LogP contribution < -0.4 is 14.8 Å². The number of rotatable bonds is 8. The molecule has 0 aliphatic rings. The van der Waals surface area contributed by atoms with Crippen molar-refractivity contribution >= 4 is 43.0 Å². The highest BCUT2D eigenvalue weighted by Crippen LogP contribution is 2.22. The predicted molar refractivity (Wildman–Crippen MR) is 145 cm³/mol. The molecule has 37 heavy (non-hydrogen) atoms. The highest BCUT2D eigenvalue weighted by atomic mass is 32.2. The molecule has 190 valence electrons. The maximum atomic E-state index is 12.8. The van der Waals surface area contributed by atoms with Crippen molar-refractivity contribution in [2.75, 3.05) is 14.8 Å². The highest BCUT2D eigenvalue weighted by Gasteiger charge is 2.17. The Balaban J connectivity index is 1.44. The topological polar surface area (TPSA) is 121 Å². The normalized spacial score (nSPS) is 11.5. The zero-order valence-corrected chi connectivity index (χ0v) is 21.7. The van der Waals surface area contributed by atoms with Crippen molar-refractivity contribution in [2.45, 2.75) is 23.6 Å². The van der Waals surface area contributed by atoms with Gasteiger partial charge in [-0.3, -0.25) is 14.2 Å². The van der Waals surface area contributed by atoms with Gasteiger partial charge in [-0.25, -0.2) is 16.8 Å². The molecule has 3 N–H and O–H groups in total. The molecule has 10 heteroatoms. The number of carbonyl (C=O) groups is 1. The molecule has 0 radical (unpaired) electrons. The average Bonchev–Trinajstić information content (AvgIpc) is 2.87. The standard InChI is InChI=1S/C27H25N3O5S2/c1-19-11-12-24(17-20(19)2)30-37(34,35)26-15-13-22(14-16-26)28-27(31)21-7-6-8-23(18-21)29-36(32,33)25-9-4-3-5-10-25/h3-18,29-30H,1-2H3,(H,28,31). The van der Waals surface area contributed by atoms with E-state index in [0.717, 1.165) is 11.1 Å². The minimum absolute atomic E-state index is 0.0426. The lowest BCUT2D eigenvalue weighted by atomic mass is 10.1. The smallest absolute Gasteiger partial charge is 0.261 e.